The van der Waals surface area contributed by atoms with Gasteiger partial charge < -0.3 is 20.1 Å². The van der Waals surface area contributed by atoms with Crippen LogP contribution in [0.2, 0.25) is 0 Å². The average Bonchev–Trinajstić information content (AvgIpc) is 2.58. The summed E-state index contributed by atoms with van der Waals surface area (Å²) >= 11 is 0. The summed E-state index contributed by atoms with van der Waals surface area (Å²) in [5, 5.41) is 5.98. The zero-order valence-corrected chi connectivity index (χ0v) is 12.9. The molecule has 0 unspecified atom stereocenters. The number of para-hydroxylation sites is 1. The molecule has 0 aliphatic carbocycles. The molecule has 2 aromatic rings. The first-order valence-corrected chi connectivity index (χ1v) is 7.57. The van der Waals surface area contributed by atoms with E-state index in [1.54, 1.807) is 18.3 Å². The Bertz CT molecular complexity index is 646. The Balaban J connectivity index is 1.60. The normalized spacial score (nSPS) is 20.7. The van der Waals surface area contributed by atoms with Crippen LogP contribution in [0.5, 0.6) is 11.6 Å². The predicted molar refractivity (Wildman–Crippen MR) is 86.6 cm³/mol. The maximum absolute atomic E-state index is 12.2. The van der Waals surface area contributed by atoms with Crippen LogP contribution >= 0.6 is 0 Å². The lowest BCUT2D eigenvalue weighted by Gasteiger charge is -2.29. The van der Waals surface area contributed by atoms with Gasteiger partial charge in [0.05, 0.1) is 24.6 Å². The smallest absolute Gasteiger partial charge is 0.244 e. The van der Waals surface area contributed by atoms with Gasteiger partial charge >= 0.3 is 0 Å². The van der Waals surface area contributed by atoms with E-state index in [-0.39, 0.29) is 18.1 Å². The number of hydrogen-bond donors (Lipinski definition) is 2. The van der Waals surface area contributed by atoms with Gasteiger partial charge in [0, 0.05) is 12.6 Å². The van der Waals surface area contributed by atoms with Crippen LogP contribution in [0.4, 0.5) is 5.69 Å². The maximum Gasteiger partial charge on any atom is 0.244 e. The molecule has 3 rings (SSSR count). The molecular weight excluding hydrogens is 294 g/mol. The summed E-state index contributed by atoms with van der Waals surface area (Å²) in [6.07, 6.45) is 1.42. The topological polar surface area (TPSA) is 72.5 Å². The molecule has 6 nitrogen and oxygen atoms in total. The van der Waals surface area contributed by atoms with Gasteiger partial charge in [0.25, 0.3) is 0 Å². The first kappa shape index (κ1) is 15.5. The van der Waals surface area contributed by atoms with Crippen LogP contribution in [0.3, 0.4) is 0 Å². The molecule has 2 atom stereocenters. The van der Waals surface area contributed by atoms with Gasteiger partial charge in [-0.05, 0) is 25.1 Å². The van der Waals surface area contributed by atoms with Gasteiger partial charge in [-0.15, -0.1) is 0 Å². The maximum atomic E-state index is 12.2. The summed E-state index contributed by atoms with van der Waals surface area (Å²) in [5.74, 6) is 1.06. The van der Waals surface area contributed by atoms with Gasteiger partial charge in [-0.25, -0.2) is 4.98 Å². The number of benzene rings is 1. The van der Waals surface area contributed by atoms with Crippen molar-refractivity contribution < 1.29 is 14.3 Å². The minimum atomic E-state index is -0.357. The molecule has 1 aliphatic rings. The van der Waals surface area contributed by atoms with E-state index in [1.165, 1.54) is 0 Å². The van der Waals surface area contributed by atoms with Crippen molar-refractivity contribution in [1.82, 2.24) is 10.3 Å². The van der Waals surface area contributed by atoms with E-state index in [1.807, 2.05) is 37.3 Å². The fourth-order valence-corrected chi connectivity index (χ4v) is 2.37. The van der Waals surface area contributed by atoms with Crippen molar-refractivity contribution in [2.75, 3.05) is 18.5 Å². The number of pyridine rings is 1. The van der Waals surface area contributed by atoms with E-state index in [4.69, 9.17) is 9.47 Å². The fourth-order valence-electron chi connectivity index (χ4n) is 2.37. The lowest BCUT2D eigenvalue weighted by Crippen LogP contribution is -2.53. The first-order valence-electron chi connectivity index (χ1n) is 7.57. The van der Waals surface area contributed by atoms with E-state index >= 15 is 0 Å². The molecule has 2 N–H and O–H groups in total. The highest BCUT2D eigenvalue weighted by atomic mass is 16.5. The number of nitrogens with one attached hydrogen (secondary N) is 2. The van der Waals surface area contributed by atoms with Crippen LogP contribution in [0.1, 0.15) is 6.92 Å². The molecule has 0 bridgehead atoms. The average molecular weight is 313 g/mol. The highest BCUT2D eigenvalue weighted by Gasteiger charge is 2.28. The molecule has 1 aromatic heterocycles. The number of hydrogen-bond acceptors (Lipinski definition) is 5. The third kappa shape index (κ3) is 4.06. The molecule has 1 amide bonds. The molecule has 1 saturated heterocycles. The van der Waals surface area contributed by atoms with Crippen molar-refractivity contribution in [3.8, 4) is 11.6 Å². The Morgan fingerprint density at radius 2 is 2.13 bits per heavy atom. The lowest BCUT2D eigenvalue weighted by molar-refractivity contribution is -0.123. The zero-order valence-electron chi connectivity index (χ0n) is 12.9. The van der Waals surface area contributed by atoms with Crippen molar-refractivity contribution in [3.63, 3.8) is 0 Å². The molecule has 120 valence electrons. The van der Waals surface area contributed by atoms with Crippen molar-refractivity contribution in [2.45, 2.75) is 19.1 Å². The number of rotatable bonds is 4. The van der Waals surface area contributed by atoms with E-state index < -0.39 is 0 Å². The van der Waals surface area contributed by atoms with Crippen LogP contribution in [0.15, 0.2) is 48.7 Å². The third-order valence-electron chi connectivity index (χ3n) is 3.57. The van der Waals surface area contributed by atoms with Crippen LogP contribution in [-0.4, -0.2) is 36.2 Å². The summed E-state index contributed by atoms with van der Waals surface area (Å²) in [5.41, 5.74) is 0.620. The van der Waals surface area contributed by atoms with Crippen molar-refractivity contribution in [1.29, 1.82) is 0 Å². The molecule has 23 heavy (non-hydrogen) atoms. The minimum Gasteiger partial charge on any atom is -0.439 e. The molecule has 1 aliphatic heterocycles. The van der Waals surface area contributed by atoms with Gasteiger partial charge in [-0.3, -0.25) is 4.79 Å². The second-order valence-corrected chi connectivity index (χ2v) is 5.30. The Hall–Kier alpha value is -2.44. The lowest BCUT2D eigenvalue weighted by atomic mass is 10.1. The Morgan fingerprint density at radius 3 is 2.83 bits per heavy atom. The summed E-state index contributed by atoms with van der Waals surface area (Å²) in [7, 11) is 0. The number of ether oxygens (including phenoxy) is 2. The monoisotopic (exact) mass is 313 g/mol. The molecular formula is C17H19N3O3. The molecule has 0 radical (unpaired) electrons. The molecule has 2 heterocycles. The Kier molecular flexibility index (Phi) is 4.85. The van der Waals surface area contributed by atoms with Gasteiger partial charge in [0.15, 0.2) is 0 Å². The summed E-state index contributed by atoms with van der Waals surface area (Å²) in [6.45, 7) is 3.17. The Morgan fingerprint density at radius 1 is 1.30 bits per heavy atom. The second kappa shape index (κ2) is 7.21. The van der Waals surface area contributed by atoms with E-state index in [2.05, 4.69) is 15.6 Å². The van der Waals surface area contributed by atoms with Crippen LogP contribution in [0.25, 0.3) is 0 Å². The zero-order chi connectivity index (χ0) is 16.1. The molecule has 1 fully saturated rings. The number of nitrogens with zero attached hydrogens (tertiary/aromatic N) is 1. The molecule has 1 aromatic carbocycles. The van der Waals surface area contributed by atoms with Gasteiger partial charge in [0.1, 0.15) is 11.8 Å². The largest absolute Gasteiger partial charge is 0.439 e. The summed E-state index contributed by atoms with van der Waals surface area (Å²) in [6, 6.07) is 12.5. The van der Waals surface area contributed by atoms with E-state index in [0.29, 0.717) is 30.5 Å². The number of carbonyl (C=O) groups is 1. The molecule has 0 saturated carbocycles. The Labute approximate surface area is 134 Å². The van der Waals surface area contributed by atoms with Crippen LogP contribution in [0, 0.1) is 0 Å². The van der Waals surface area contributed by atoms with Gasteiger partial charge in [0.2, 0.25) is 11.8 Å². The first-order chi connectivity index (χ1) is 11.2. The van der Waals surface area contributed by atoms with Crippen molar-refractivity contribution in [2.24, 2.45) is 0 Å². The van der Waals surface area contributed by atoms with Crippen molar-refractivity contribution in [3.05, 3.63) is 48.7 Å². The van der Waals surface area contributed by atoms with E-state index in [0.717, 1.165) is 0 Å². The standard InChI is InChI=1S/C17H19N3O3/c1-12-16(18-9-10-22-12)17(21)20-13-7-8-15(19-11-13)23-14-5-3-2-4-6-14/h2-8,11-12,16,18H,9-10H2,1H3,(H,20,21)/t12-,16+/m1/s1. The van der Waals surface area contributed by atoms with Crippen molar-refractivity contribution >= 4 is 11.6 Å². The highest BCUT2D eigenvalue weighted by molar-refractivity contribution is 5.95. The second-order valence-electron chi connectivity index (χ2n) is 5.30. The third-order valence-corrected chi connectivity index (χ3v) is 3.57. The fraction of sp³-hybridized carbons (Fsp3) is 0.294. The molecule has 6 heteroatoms. The van der Waals surface area contributed by atoms with Gasteiger partial charge in [-0.2, -0.15) is 0 Å². The van der Waals surface area contributed by atoms with Crippen LogP contribution < -0.4 is 15.4 Å². The number of morpholine rings is 1. The minimum absolute atomic E-state index is 0.129. The predicted octanol–water partition coefficient (Wildman–Crippen LogP) is 2.19. The number of amides is 1. The van der Waals surface area contributed by atoms with Crippen LogP contribution in [-0.2, 0) is 9.53 Å². The number of carbonyl (C=O) groups excluding carboxylic acids is 1. The SMILES string of the molecule is C[C@H]1OCCN[C@@H]1C(=O)Nc1ccc(Oc2ccccc2)nc1. The number of aromatic nitrogens is 1. The highest BCUT2D eigenvalue weighted by Crippen LogP contribution is 2.20. The number of anilines is 1. The van der Waals surface area contributed by atoms with E-state index in [9.17, 15) is 4.79 Å². The molecule has 0 spiro atoms. The summed E-state index contributed by atoms with van der Waals surface area (Å²) < 4.78 is 11.1. The quantitative estimate of drug-likeness (QED) is 0.905. The summed E-state index contributed by atoms with van der Waals surface area (Å²) in [4.78, 5) is 16.4. The van der Waals surface area contributed by atoms with Gasteiger partial charge in [-0.1, -0.05) is 18.2 Å².